The van der Waals surface area contributed by atoms with Crippen molar-refractivity contribution in [2.75, 3.05) is 7.11 Å². The minimum absolute atomic E-state index is 0.0612. The van der Waals surface area contributed by atoms with Crippen LogP contribution in [0.25, 0.3) is 0 Å². The number of fused-ring (bicyclic) bond motifs is 1. The Morgan fingerprint density at radius 1 is 1.27 bits per heavy atom. The second-order valence-corrected chi connectivity index (χ2v) is 5.70. The fourth-order valence-corrected chi connectivity index (χ4v) is 2.59. The summed E-state index contributed by atoms with van der Waals surface area (Å²) in [4.78, 5) is 4.20. The number of rotatable bonds is 4. The smallest absolute Gasteiger partial charge is 0.493 e. The van der Waals surface area contributed by atoms with Crippen LogP contribution in [-0.2, 0) is 16.0 Å². The third kappa shape index (κ3) is 3.39. The molecule has 0 amide bonds. The molecule has 5 nitrogen and oxygen atoms in total. The molecule has 1 atom stereocenters. The number of alkyl halides is 4. The number of hydrogen-bond donors (Lipinski definition) is 1. The number of nitrogens with zero attached hydrogens (tertiary/aromatic N) is 1. The van der Waals surface area contributed by atoms with Crippen molar-refractivity contribution in [3.63, 3.8) is 0 Å². The zero-order valence-corrected chi connectivity index (χ0v) is 13.7. The SMILES string of the molecule is COc1ccccc1CN=C(N)C1=CCC2OC(F)(F)C(F)(F)OC2=C1. The van der Waals surface area contributed by atoms with Gasteiger partial charge in [-0.05, 0) is 12.1 Å². The fourth-order valence-electron chi connectivity index (χ4n) is 2.59. The van der Waals surface area contributed by atoms with Gasteiger partial charge in [0, 0.05) is 17.6 Å². The highest BCUT2D eigenvalue weighted by Crippen LogP contribution is 2.46. The third-order valence-corrected chi connectivity index (χ3v) is 3.95. The molecule has 1 unspecified atom stereocenters. The first-order chi connectivity index (χ1) is 12.2. The van der Waals surface area contributed by atoms with Gasteiger partial charge in [0.05, 0.1) is 13.7 Å². The van der Waals surface area contributed by atoms with Crippen molar-refractivity contribution in [2.45, 2.75) is 31.3 Å². The van der Waals surface area contributed by atoms with Gasteiger partial charge in [-0.25, -0.2) is 0 Å². The Morgan fingerprint density at radius 2 is 2.00 bits per heavy atom. The van der Waals surface area contributed by atoms with Crippen LogP contribution in [0.3, 0.4) is 0 Å². The van der Waals surface area contributed by atoms with E-state index in [1.54, 1.807) is 18.2 Å². The van der Waals surface area contributed by atoms with Gasteiger partial charge in [-0.1, -0.05) is 24.3 Å². The van der Waals surface area contributed by atoms with E-state index >= 15 is 0 Å². The number of amidine groups is 1. The molecule has 1 aliphatic heterocycles. The Labute approximate surface area is 146 Å². The molecule has 26 heavy (non-hydrogen) atoms. The van der Waals surface area contributed by atoms with Crippen LogP contribution >= 0.6 is 0 Å². The van der Waals surface area contributed by atoms with Gasteiger partial charge in [0.1, 0.15) is 23.4 Å². The number of para-hydroxylation sites is 1. The van der Waals surface area contributed by atoms with Gasteiger partial charge in [0.15, 0.2) is 0 Å². The predicted octanol–water partition coefficient (Wildman–Crippen LogP) is 3.37. The summed E-state index contributed by atoms with van der Waals surface area (Å²) < 4.78 is 66.5. The number of halogens is 4. The number of nitrogens with two attached hydrogens (primary N) is 1. The Balaban J connectivity index is 1.77. The summed E-state index contributed by atoms with van der Waals surface area (Å²) in [5.74, 6) is 0.283. The van der Waals surface area contributed by atoms with E-state index in [1.165, 1.54) is 13.2 Å². The van der Waals surface area contributed by atoms with E-state index in [9.17, 15) is 17.6 Å². The number of methoxy groups -OCH3 is 1. The van der Waals surface area contributed by atoms with Gasteiger partial charge < -0.3 is 19.9 Å². The predicted molar refractivity (Wildman–Crippen MR) is 85.0 cm³/mol. The molecule has 0 saturated carbocycles. The summed E-state index contributed by atoms with van der Waals surface area (Å²) in [7, 11) is 1.52. The molecule has 1 saturated heterocycles. The second kappa shape index (κ2) is 6.64. The van der Waals surface area contributed by atoms with Crippen molar-refractivity contribution in [3.05, 3.63) is 53.3 Å². The van der Waals surface area contributed by atoms with E-state index in [1.807, 2.05) is 6.07 Å². The summed E-state index contributed by atoms with van der Waals surface area (Å²) in [5, 5.41) is 0. The summed E-state index contributed by atoms with van der Waals surface area (Å²) in [5.41, 5.74) is 6.98. The van der Waals surface area contributed by atoms with Gasteiger partial charge in [-0.2, -0.15) is 17.6 Å². The highest BCUT2D eigenvalue weighted by atomic mass is 19.3. The van der Waals surface area contributed by atoms with Crippen LogP contribution in [0.15, 0.2) is 52.7 Å². The molecular formula is C17H16F4N2O3. The van der Waals surface area contributed by atoms with E-state index in [4.69, 9.17) is 10.5 Å². The molecule has 1 fully saturated rings. The topological polar surface area (TPSA) is 66.1 Å². The maximum atomic E-state index is 13.3. The molecule has 0 bridgehead atoms. The van der Waals surface area contributed by atoms with E-state index in [0.29, 0.717) is 11.3 Å². The first-order valence-corrected chi connectivity index (χ1v) is 7.70. The van der Waals surface area contributed by atoms with Crippen molar-refractivity contribution in [3.8, 4) is 5.75 Å². The average molecular weight is 372 g/mol. The van der Waals surface area contributed by atoms with E-state index in [2.05, 4.69) is 14.5 Å². The van der Waals surface area contributed by atoms with Crippen LogP contribution < -0.4 is 10.5 Å². The summed E-state index contributed by atoms with van der Waals surface area (Å²) in [6, 6.07) is 7.19. The standard InChI is InChI=1S/C17H16F4N2O3/c1-24-12-5-3-2-4-11(12)9-23-15(22)10-6-7-13-14(8-10)26-17(20,21)16(18,19)25-13/h2-6,8,13H,7,9H2,1H3,(H2,22,23). The van der Waals surface area contributed by atoms with Gasteiger partial charge >= 0.3 is 12.2 Å². The molecule has 1 aliphatic carbocycles. The Bertz CT molecular complexity index is 790. The third-order valence-electron chi connectivity index (χ3n) is 3.95. The number of ether oxygens (including phenoxy) is 3. The molecule has 0 aromatic heterocycles. The van der Waals surface area contributed by atoms with Crippen molar-refractivity contribution in [1.82, 2.24) is 0 Å². The van der Waals surface area contributed by atoms with Crippen molar-refractivity contribution in [2.24, 2.45) is 10.7 Å². The first kappa shape index (κ1) is 18.2. The number of hydrogen-bond acceptors (Lipinski definition) is 4. The van der Waals surface area contributed by atoms with Gasteiger partial charge in [0.25, 0.3) is 0 Å². The van der Waals surface area contributed by atoms with Crippen molar-refractivity contribution < 1.29 is 31.8 Å². The van der Waals surface area contributed by atoms with Gasteiger partial charge in [-0.3, -0.25) is 4.99 Å². The Hall–Kier alpha value is -2.55. The zero-order chi connectivity index (χ0) is 18.9. The van der Waals surface area contributed by atoms with Crippen molar-refractivity contribution in [1.29, 1.82) is 0 Å². The molecule has 0 spiro atoms. The molecule has 1 aromatic carbocycles. The van der Waals surface area contributed by atoms with E-state index < -0.39 is 24.1 Å². The molecular weight excluding hydrogens is 356 g/mol. The molecule has 2 N–H and O–H groups in total. The van der Waals surface area contributed by atoms with Crippen LogP contribution in [0.4, 0.5) is 17.6 Å². The maximum Gasteiger partial charge on any atom is 0.493 e. The van der Waals surface area contributed by atoms with Crippen LogP contribution in [-0.4, -0.2) is 31.3 Å². The lowest BCUT2D eigenvalue weighted by Gasteiger charge is -2.37. The molecule has 1 aromatic rings. The molecule has 0 radical (unpaired) electrons. The van der Waals surface area contributed by atoms with Crippen LogP contribution in [0, 0.1) is 0 Å². The largest absolute Gasteiger partial charge is 0.496 e. The second-order valence-electron chi connectivity index (χ2n) is 5.70. The monoisotopic (exact) mass is 372 g/mol. The maximum absolute atomic E-state index is 13.3. The lowest BCUT2D eigenvalue weighted by atomic mass is 10.0. The summed E-state index contributed by atoms with van der Waals surface area (Å²) in [6.45, 7) is 0.200. The number of aliphatic imine (C=N–C) groups is 1. The quantitative estimate of drug-likeness (QED) is 0.500. The van der Waals surface area contributed by atoms with Gasteiger partial charge in [0.2, 0.25) is 0 Å². The lowest BCUT2D eigenvalue weighted by Crippen LogP contribution is -2.53. The fraction of sp³-hybridized carbons (Fsp3) is 0.353. The lowest BCUT2D eigenvalue weighted by molar-refractivity contribution is -0.456. The molecule has 9 heteroatoms. The van der Waals surface area contributed by atoms with Gasteiger partial charge in [-0.15, -0.1) is 0 Å². The van der Waals surface area contributed by atoms with E-state index in [-0.39, 0.29) is 18.8 Å². The van der Waals surface area contributed by atoms with Crippen molar-refractivity contribution >= 4 is 5.84 Å². The summed E-state index contributed by atoms with van der Waals surface area (Å²) in [6.07, 6.45) is -8.20. The molecule has 2 aliphatic rings. The van der Waals surface area contributed by atoms with Crippen LogP contribution in [0.1, 0.15) is 12.0 Å². The summed E-state index contributed by atoms with van der Waals surface area (Å²) >= 11 is 0. The normalized spacial score (nSPS) is 24.0. The first-order valence-electron chi connectivity index (χ1n) is 7.70. The highest BCUT2D eigenvalue weighted by Gasteiger charge is 2.66. The zero-order valence-electron chi connectivity index (χ0n) is 13.7. The minimum Gasteiger partial charge on any atom is -0.496 e. The average Bonchev–Trinajstić information content (AvgIpc) is 2.60. The highest BCUT2D eigenvalue weighted by molar-refractivity contribution is 5.99. The Kier molecular flexibility index (Phi) is 4.66. The molecule has 3 rings (SSSR count). The minimum atomic E-state index is -4.75. The van der Waals surface area contributed by atoms with Crippen LogP contribution in [0.2, 0.25) is 0 Å². The Morgan fingerprint density at radius 3 is 2.73 bits per heavy atom. The van der Waals surface area contributed by atoms with E-state index in [0.717, 1.165) is 11.6 Å². The molecule has 140 valence electrons. The number of benzene rings is 1. The van der Waals surface area contributed by atoms with Crippen LogP contribution in [0.5, 0.6) is 5.75 Å². The molecule has 1 heterocycles.